The second kappa shape index (κ2) is 3.89. The lowest BCUT2D eigenvalue weighted by molar-refractivity contribution is 0.411. The van der Waals surface area contributed by atoms with Gasteiger partial charge in [0.05, 0.1) is 12.8 Å². The average molecular weight is 220 g/mol. The average Bonchev–Trinajstić information content (AvgIpc) is 2.25. The Kier molecular flexibility index (Phi) is 2.70. The van der Waals surface area contributed by atoms with Crippen LogP contribution < -0.4 is 15.0 Å². The fourth-order valence-corrected chi connectivity index (χ4v) is 2.34. The molecule has 0 unspecified atom stereocenters. The first-order valence-electron chi connectivity index (χ1n) is 5.77. The number of hydrogen-bond donors (Lipinski definition) is 1. The third-order valence-electron chi connectivity index (χ3n) is 2.98. The van der Waals surface area contributed by atoms with Crippen molar-refractivity contribution in [1.82, 2.24) is 0 Å². The quantitative estimate of drug-likeness (QED) is 0.829. The van der Waals surface area contributed by atoms with Crippen molar-refractivity contribution in [3.8, 4) is 5.75 Å². The number of para-hydroxylation sites is 1. The van der Waals surface area contributed by atoms with E-state index in [1.54, 1.807) is 7.11 Å². The molecule has 0 saturated heterocycles. The van der Waals surface area contributed by atoms with Gasteiger partial charge in [-0.25, -0.2) is 0 Å². The van der Waals surface area contributed by atoms with E-state index < -0.39 is 0 Å². The van der Waals surface area contributed by atoms with Crippen LogP contribution in [0.2, 0.25) is 0 Å². The van der Waals surface area contributed by atoms with Crippen LogP contribution in [0.1, 0.15) is 20.8 Å². The molecule has 0 saturated carbocycles. The lowest BCUT2D eigenvalue weighted by atomic mass is 9.99. The molecule has 0 aromatic heterocycles. The normalized spacial score (nSPS) is 17.6. The standard InChI is InChI=1S/C13H20N2O/c1-5-15-9-13(2,3)14-10-7-6-8-11(16-4)12(10)15/h6-8,14H,5,9H2,1-4H3. The number of methoxy groups -OCH3 is 1. The van der Waals surface area contributed by atoms with Gasteiger partial charge in [0, 0.05) is 18.6 Å². The molecular weight excluding hydrogens is 200 g/mol. The maximum absolute atomic E-state index is 5.43. The van der Waals surface area contributed by atoms with Gasteiger partial charge in [-0.2, -0.15) is 0 Å². The van der Waals surface area contributed by atoms with Crippen LogP contribution in [0.25, 0.3) is 0 Å². The van der Waals surface area contributed by atoms with Crippen molar-refractivity contribution in [2.45, 2.75) is 26.3 Å². The number of anilines is 2. The minimum absolute atomic E-state index is 0.107. The Morgan fingerprint density at radius 3 is 2.81 bits per heavy atom. The second-order valence-corrected chi connectivity index (χ2v) is 4.88. The number of likely N-dealkylation sites (N-methyl/N-ethyl adjacent to an activating group) is 1. The number of fused-ring (bicyclic) bond motifs is 1. The molecule has 0 aliphatic carbocycles. The van der Waals surface area contributed by atoms with Crippen molar-refractivity contribution in [2.24, 2.45) is 0 Å². The summed E-state index contributed by atoms with van der Waals surface area (Å²) in [6, 6.07) is 6.16. The molecular formula is C13H20N2O. The molecule has 2 rings (SSSR count). The third-order valence-corrected chi connectivity index (χ3v) is 2.98. The van der Waals surface area contributed by atoms with Crippen LogP contribution in [0, 0.1) is 0 Å². The van der Waals surface area contributed by atoms with E-state index in [1.165, 1.54) is 5.69 Å². The summed E-state index contributed by atoms with van der Waals surface area (Å²) in [5.74, 6) is 0.947. The van der Waals surface area contributed by atoms with Gasteiger partial charge in [-0.15, -0.1) is 0 Å². The van der Waals surface area contributed by atoms with Gasteiger partial charge in [-0.3, -0.25) is 0 Å². The second-order valence-electron chi connectivity index (χ2n) is 4.88. The zero-order valence-electron chi connectivity index (χ0n) is 10.5. The minimum atomic E-state index is 0.107. The number of benzene rings is 1. The van der Waals surface area contributed by atoms with E-state index in [0.29, 0.717) is 0 Å². The van der Waals surface area contributed by atoms with Crippen molar-refractivity contribution in [1.29, 1.82) is 0 Å². The van der Waals surface area contributed by atoms with Crippen molar-refractivity contribution < 1.29 is 4.74 Å². The number of nitrogens with zero attached hydrogens (tertiary/aromatic N) is 1. The molecule has 1 aromatic carbocycles. The van der Waals surface area contributed by atoms with Crippen LogP contribution >= 0.6 is 0 Å². The monoisotopic (exact) mass is 220 g/mol. The molecule has 1 aromatic rings. The van der Waals surface area contributed by atoms with E-state index in [2.05, 4.69) is 37.1 Å². The molecule has 0 fully saturated rings. The Balaban J connectivity index is 2.50. The zero-order valence-corrected chi connectivity index (χ0v) is 10.5. The topological polar surface area (TPSA) is 24.5 Å². The smallest absolute Gasteiger partial charge is 0.144 e. The maximum atomic E-state index is 5.43. The summed E-state index contributed by atoms with van der Waals surface area (Å²) in [7, 11) is 1.73. The Hall–Kier alpha value is -1.38. The summed E-state index contributed by atoms with van der Waals surface area (Å²) in [6.45, 7) is 8.61. The van der Waals surface area contributed by atoms with E-state index in [-0.39, 0.29) is 5.54 Å². The Morgan fingerprint density at radius 2 is 2.19 bits per heavy atom. The van der Waals surface area contributed by atoms with Gasteiger partial charge in [0.25, 0.3) is 0 Å². The first-order chi connectivity index (χ1) is 7.57. The molecule has 1 heterocycles. The Labute approximate surface area is 97.4 Å². The van der Waals surface area contributed by atoms with Crippen LogP contribution in [0.15, 0.2) is 18.2 Å². The fourth-order valence-electron chi connectivity index (χ4n) is 2.34. The highest BCUT2D eigenvalue weighted by Gasteiger charge is 2.30. The molecule has 0 bridgehead atoms. The summed E-state index contributed by atoms with van der Waals surface area (Å²) in [5, 5.41) is 3.55. The van der Waals surface area contributed by atoms with E-state index in [1.807, 2.05) is 12.1 Å². The van der Waals surface area contributed by atoms with E-state index in [4.69, 9.17) is 4.74 Å². The Bertz CT molecular complexity index is 388. The van der Waals surface area contributed by atoms with Crippen molar-refractivity contribution >= 4 is 11.4 Å². The van der Waals surface area contributed by atoms with Crippen molar-refractivity contribution in [3.63, 3.8) is 0 Å². The predicted octanol–water partition coefficient (Wildman–Crippen LogP) is 2.73. The van der Waals surface area contributed by atoms with Crippen LogP contribution in [0.5, 0.6) is 5.75 Å². The van der Waals surface area contributed by atoms with Gasteiger partial charge >= 0.3 is 0 Å². The highest BCUT2D eigenvalue weighted by atomic mass is 16.5. The van der Waals surface area contributed by atoms with E-state index in [0.717, 1.165) is 24.5 Å². The number of hydrogen-bond acceptors (Lipinski definition) is 3. The van der Waals surface area contributed by atoms with Crippen LogP contribution in [-0.2, 0) is 0 Å². The molecule has 0 radical (unpaired) electrons. The molecule has 3 nitrogen and oxygen atoms in total. The first kappa shape index (κ1) is 11.1. The molecule has 1 aliphatic heterocycles. The number of nitrogens with one attached hydrogen (secondary N) is 1. The SMILES string of the molecule is CCN1CC(C)(C)Nc2cccc(OC)c21. The fraction of sp³-hybridized carbons (Fsp3) is 0.538. The largest absolute Gasteiger partial charge is 0.495 e. The molecule has 16 heavy (non-hydrogen) atoms. The summed E-state index contributed by atoms with van der Waals surface area (Å²) >= 11 is 0. The summed E-state index contributed by atoms with van der Waals surface area (Å²) in [6.07, 6.45) is 0. The summed E-state index contributed by atoms with van der Waals surface area (Å²) < 4.78 is 5.43. The third kappa shape index (κ3) is 1.82. The van der Waals surface area contributed by atoms with Crippen LogP contribution in [-0.4, -0.2) is 25.7 Å². The Morgan fingerprint density at radius 1 is 1.44 bits per heavy atom. The number of rotatable bonds is 2. The van der Waals surface area contributed by atoms with E-state index in [9.17, 15) is 0 Å². The molecule has 1 aliphatic rings. The summed E-state index contributed by atoms with van der Waals surface area (Å²) in [4.78, 5) is 2.37. The molecule has 0 amide bonds. The van der Waals surface area contributed by atoms with Gasteiger partial charge in [-0.1, -0.05) is 6.07 Å². The lowest BCUT2D eigenvalue weighted by Gasteiger charge is -2.42. The van der Waals surface area contributed by atoms with Crippen LogP contribution in [0.4, 0.5) is 11.4 Å². The highest BCUT2D eigenvalue weighted by molar-refractivity contribution is 5.79. The predicted molar refractivity (Wildman–Crippen MR) is 68.6 cm³/mol. The van der Waals surface area contributed by atoms with Gasteiger partial charge < -0.3 is 15.0 Å². The minimum Gasteiger partial charge on any atom is -0.495 e. The van der Waals surface area contributed by atoms with Gasteiger partial charge in [0.2, 0.25) is 0 Å². The molecule has 3 heteroatoms. The first-order valence-corrected chi connectivity index (χ1v) is 5.77. The maximum Gasteiger partial charge on any atom is 0.144 e. The number of ether oxygens (including phenoxy) is 1. The molecule has 1 N–H and O–H groups in total. The van der Waals surface area contributed by atoms with Crippen LogP contribution in [0.3, 0.4) is 0 Å². The lowest BCUT2D eigenvalue weighted by Crippen LogP contribution is -2.48. The molecule has 0 atom stereocenters. The van der Waals surface area contributed by atoms with Gasteiger partial charge in [0.1, 0.15) is 11.4 Å². The molecule has 0 spiro atoms. The highest BCUT2D eigenvalue weighted by Crippen LogP contribution is 2.41. The van der Waals surface area contributed by atoms with Gasteiger partial charge in [-0.05, 0) is 32.9 Å². The van der Waals surface area contributed by atoms with Crippen molar-refractivity contribution in [2.75, 3.05) is 30.4 Å². The van der Waals surface area contributed by atoms with Crippen molar-refractivity contribution in [3.05, 3.63) is 18.2 Å². The zero-order chi connectivity index (χ0) is 11.8. The molecule has 88 valence electrons. The van der Waals surface area contributed by atoms with Gasteiger partial charge in [0.15, 0.2) is 0 Å². The van der Waals surface area contributed by atoms with E-state index >= 15 is 0 Å². The summed E-state index contributed by atoms with van der Waals surface area (Å²) in [5.41, 5.74) is 2.46.